The Labute approximate surface area is 178 Å². The number of carbonyl (C=O) groups is 1. The number of hydrogen-bond donors (Lipinski definition) is 1. The van der Waals surface area contributed by atoms with Gasteiger partial charge in [0.05, 0.1) is 5.56 Å². The van der Waals surface area contributed by atoms with Crippen LogP contribution in [0.2, 0.25) is 0 Å². The summed E-state index contributed by atoms with van der Waals surface area (Å²) in [7, 11) is -4.00. The van der Waals surface area contributed by atoms with E-state index in [9.17, 15) is 13.2 Å². The number of rotatable bonds is 4. The number of aromatic nitrogens is 1. The van der Waals surface area contributed by atoms with Crippen LogP contribution in [0.1, 0.15) is 21.5 Å². The molecule has 0 atom stereocenters. The number of fused-ring (bicyclic) bond motifs is 2. The Bertz CT molecular complexity index is 1460. The van der Waals surface area contributed by atoms with E-state index in [1.807, 2.05) is 31.2 Å². The average Bonchev–Trinajstić information content (AvgIpc) is 3.29. The number of ether oxygens (including phenoxy) is 1. The minimum atomic E-state index is -4.00. The summed E-state index contributed by atoms with van der Waals surface area (Å²) in [6.45, 7) is 1.87. The molecule has 31 heavy (non-hydrogen) atoms. The fraction of sp³-hybridized carbons (Fsp3) is 0.0417. The third-order valence-corrected chi connectivity index (χ3v) is 6.33. The molecule has 1 aliphatic heterocycles. The molecular formula is C24H17NO5S. The van der Waals surface area contributed by atoms with Crippen molar-refractivity contribution in [3.05, 3.63) is 95.4 Å². The molecule has 4 aromatic rings. The third kappa shape index (κ3) is 3.49. The molecule has 1 N–H and O–H groups in total. The zero-order chi connectivity index (χ0) is 21.6. The van der Waals surface area contributed by atoms with Crippen molar-refractivity contribution in [3.8, 4) is 11.5 Å². The third-order valence-electron chi connectivity index (χ3n) is 5.06. The monoisotopic (exact) mass is 431 g/mol. The van der Waals surface area contributed by atoms with Gasteiger partial charge in [-0.2, -0.15) is 8.42 Å². The van der Waals surface area contributed by atoms with Gasteiger partial charge in [0, 0.05) is 28.7 Å². The molecule has 2 heterocycles. The lowest BCUT2D eigenvalue weighted by Gasteiger charge is -2.08. The van der Waals surface area contributed by atoms with E-state index >= 15 is 0 Å². The Hall–Kier alpha value is -3.84. The number of Topliss-reactive ketones (excluding diaryl/α,β-unsaturated/α-hetero) is 1. The first-order valence-corrected chi connectivity index (χ1v) is 11.0. The van der Waals surface area contributed by atoms with Gasteiger partial charge in [0.1, 0.15) is 16.4 Å². The van der Waals surface area contributed by atoms with Gasteiger partial charge < -0.3 is 13.9 Å². The van der Waals surface area contributed by atoms with Crippen LogP contribution in [0.4, 0.5) is 0 Å². The van der Waals surface area contributed by atoms with E-state index in [-0.39, 0.29) is 27.9 Å². The van der Waals surface area contributed by atoms with Crippen molar-refractivity contribution in [2.45, 2.75) is 11.8 Å². The van der Waals surface area contributed by atoms with Crippen LogP contribution in [0, 0.1) is 6.92 Å². The van der Waals surface area contributed by atoms with Crippen molar-refractivity contribution in [1.82, 2.24) is 4.98 Å². The van der Waals surface area contributed by atoms with E-state index in [0.29, 0.717) is 5.56 Å². The first-order chi connectivity index (χ1) is 14.9. The maximum Gasteiger partial charge on any atom is 0.339 e. The van der Waals surface area contributed by atoms with Crippen LogP contribution in [0.5, 0.6) is 11.5 Å². The predicted octanol–water partition coefficient (Wildman–Crippen LogP) is 4.86. The number of H-pyrrole nitrogens is 1. The van der Waals surface area contributed by atoms with Gasteiger partial charge in [-0.25, -0.2) is 0 Å². The molecule has 0 bridgehead atoms. The molecule has 1 aliphatic rings. The van der Waals surface area contributed by atoms with Crippen LogP contribution in [-0.4, -0.2) is 19.2 Å². The summed E-state index contributed by atoms with van der Waals surface area (Å²) in [4.78, 5) is 16.0. The Balaban J connectivity index is 1.43. The molecule has 0 fully saturated rings. The van der Waals surface area contributed by atoms with E-state index in [4.69, 9.17) is 8.92 Å². The molecule has 0 aliphatic carbocycles. The summed E-state index contributed by atoms with van der Waals surface area (Å²) in [6.07, 6.45) is 3.48. The smallest absolute Gasteiger partial charge is 0.339 e. The molecule has 0 unspecified atom stereocenters. The van der Waals surface area contributed by atoms with E-state index in [1.165, 1.54) is 30.3 Å². The highest BCUT2D eigenvalue weighted by Gasteiger charge is 2.29. The highest BCUT2D eigenvalue weighted by molar-refractivity contribution is 7.87. The number of ketones is 1. The van der Waals surface area contributed by atoms with Crippen LogP contribution in [0.3, 0.4) is 0 Å². The fourth-order valence-electron chi connectivity index (χ4n) is 3.45. The average molecular weight is 431 g/mol. The first-order valence-electron chi connectivity index (χ1n) is 9.56. The van der Waals surface area contributed by atoms with Gasteiger partial charge in [0.25, 0.3) is 0 Å². The van der Waals surface area contributed by atoms with Crippen molar-refractivity contribution in [2.75, 3.05) is 0 Å². The van der Waals surface area contributed by atoms with Crippen molar-refractivity contribution < 1.29 is 22.1 Å². The Morgan fingerprint density at radius 3 is 2.58 bits per heavy atom. The van der Waals surface area contributed by atoms with E-state index < -0.39 is 10.1 Å². The number of aromatic amines is 1. The maximum atomic E-state index is 12.7. The number of para-hydroxylation sites is 1. The van der Waals surface area contributed by atoms with E-state index in [0.717, 1.165) is 22.0 Å². The van der Waals surface area contributed by atoms with Crippen molar-refractivity contribution >= 4 is 32.9 Å². The van der Waals surface area contributed by atoms with Crippen molar-refractivity contribution in [2.24, 2.45) is 0 Å². The number of hydrogen-bond acceptors (Lipinski definition) is 5. The molecule has 0 saturated carbocycles. The maximum absolute atomic E-state index is 12.7. The molecule has 5 rings (SSSR count). The first kappa shape index (κ1) is 19.1. The van der Waals surface area contributed by atoms with Gasteiger partial charge in [-0.3, -0.25) is 4.79 Å². The Morgan fingerprint density at radius 1 is 1.00 bits per heavy atom. The number of benzene rings is 3. The Morgan fingerprint density at radius 2 is 1.77 bits per heavy atom. The SMILES string of the molecule is Cc1ccc(S(=O)(=O)Oc2ccc3c(c2)OC(=Cc2c[nH]c4ccccc24)C3=O)cc1. The van der Waals surface area contributed by atoms with Crippen LogP contribution < -0.4 is 8.92 Å². The molecule has 0 radical (unpaired) electrons. The summed E-state index contributed by atoms with van der Waals surface area (Å²) in [5, 5.41) is 0.968. The second-order valence-corrected chi connectivity index (χ2v) is 8.78. The largest absolute Gasteiger partial charge is 0.452 e. The summed E-state index contributed by atoms with van der Waals surface area (Å²) in [5.74, 6) is 0.222. The van der Waals surface area contributed by atoms with Gasteiger partial charge >= 0.3 is 10.1 Å². The van der Waals surface area contributed by atoms with Gasteiger partial charge in [-0.05, 0) is 43.3 Å². The number of carbonyl (C=O) groups excluding carboxylic acids is 1. The normalized spacial score (nSPS) is 14.6. The van der Waals surface area contributed by atoms with Crippen LogP contribution >= 0.6 is 0 Å². The standard InChI is InChI=1S/C24H17NO5S/c1-15-6-9-18(10-7-15)31(27,28)30-17-8-11-20-22(13-17)29-23(24(20)26)12-16-14-25-21-5-3-2-4-19(16)21/h2-14,25H,1H3. The van der Waals surface area contributed by atoms with Crippen molar-refractivity contribution in [3.63, 3.8) is 0 Å². The highest BCUT2D eigenvalue weighted by Crippen LogP contribution is 2.36. The summed E-state index contributed by atoms with van der Waals surface area (Å²) in [5.41, 5.74) is 3.07. The van der Waals surface area contributed by atoms with E-state index in [1.54, 1.807) is 24.4 Å². The summed E-state index contributed by atoms with van der Waals surface area (Å²) in [6, 6.07) is 18.5. The number of nitrogens with one attached hydrogen (secondary N) is 1. The lowest BCUT2D eigenvalue weighted by atomic mass is 10.1. The fourth-order valence-corrected chi connectivity index (χ4v) is 4.38. The molecule has 6 nitrogen and oxygen atoms in total. The zero-order valence-electron chi connectivity index (χ0n) is 16.5. The van der Waals surface area contributed by atoms with Crippen LogP contribution in [-0.2, 0) is 10.1 Å². The van der Waals surface area contributed by atoms with Gasteiger partial charge in [-0.15, -0.1) is 0 Å². The molecule has 1 aromatic heterocycles. The molecule has 7 heteroatoms. The van der Waals surface area contributed by atoms with Crippen LogP contribution in [0.25, 0.3) is 17.0 Å². The second kappa shape index (κ2) is 7.14. The molecule has 0 spiro atoms. The summed E-state index contributed by atoms with van der Waals surface area (Å²) < 4.78 is 36.1. The number of aryl methyl sites for hydroxylation is 1. The molecule has 154 valence electrons. The molecule has 0 saturated heterocycles. The molecule has 0 amide bonds. The quantitative estimate of drug-likeness (QED) is 0.368. The topological polar surface area (TPSA) is 85.5 Å². The molecular weight excluding hydrogens is 414 g/mol. The lowest BCUT2D eigenvalue weighted by Crippen LogP contribution is -2.09. The van der Waals surface area contributed by atoms with Crippen molar-refractivity contribution in [1.29, 1.82) is 0 Å². The minimum Gasteiger partial charge on any atom is -0.452 e. The predicted molar refractivity (Wildman–Crippen MR) is 117 cm³/mol. The molecule has 3 aromatic carbocycles. The minimum absolute atomic E-state index is 0.0514. The van der Waals surface area contributed by atoms with Gasteiger partial charge in [0.15, 0.2) is 5.76 Å². The second-order valence-electron chi connectivity index (χ2n) is 7.24. The highest BCUT2D eigenvalue weighted by atomic mass is 32.2. The lowest BCUT2D eigenvalue weighted by molar-refractivity contribution is 0.101. The zero-order valence-corrected chi connectivity index (χ0v) is 17.3. The van der Waals surface area contributed by atoms with Gasteiger partial charge in [0.2, 0.25) is 5.78 Å². The van der Waals surface area contributed by atoms with Gasteiger partial charge in [-0.1, -0.05) is 35.9 Å². The summed E-state index contributed by atoms with van der Waals surface area (Å²) >= 11 is 0. The Kier molecular flexibility index (Phi) is 4.41. The number of allylic oxidation sites excluding steroid dienone is 1. The van der Waals surface area contributed by atoms with E-state index in [2.05, 4.69) is 4.98 Å². The van der Waals surface area contributed by atoms with Crippen LogP contribution in [0.15, 0.2) is 83.6 Å².